The summed E-state index contributed by atoms with van der Waals surface area (Å²) in [5.41, 5.74) is 6.55. The third kappa shape index (κ3) is 2.10. The lowest BCUT2D eigenvalue weighted by Crippen LogP contribution is -1.92. The summed E-state index contributed by atoms with van der Waals surface area (Å²) < 4.78 is 13.6. The van der Waals surface area contributed by atoms with Crippen LogP contribution in [-0.2, 0) is 0 Å². The predicted octanol–water partition coefficient (Wildman–Crippen LogP) is 4.73. The van der Waals surface area contributed by atoms with Gasteiger partial charge in [0.2, 0.25) is 0 Å². The van der Waals surface area contributed by atoms with Crippen LogP contribution in [0.25, 0.3) is 11.1 Å². The van der Waals surface area contributed by atoms with E-state index in [2.05, 4.69) is 32.9 Å². The molecule has 0 aliphatic carbocycles. The molecule has 0 aliphatic heterocycles. The van der Waals surface area contributed by atoms with Crippen molar-refractivity contribution in [2.45, 2.75) is 27.7 Å². The van der Waals surface area contributed by atoms with Gasteiger partial charge in [0.05, 0.1) is 0 Å². The molecule has 0 amide bonds. The van der Waals surface area contributed by atoms with Crippen LogP contribution in [0.15, 0.2) is 30.3 Å². The van der Waals surface area contributed by atoms with E-state index in [-0.39, 0.29) is 5.82 Å². The van der Waals surface area contributed by atoms with E-state index < -0.39 is 0 Å². The normalized spacial score (nSPS) is 10.6. The molecular formula is C16H17F. The van der Waals surface area contributed by atoms with Crippen LogP contribution in [0.3, 0.4) is 0 Å². The molecule has 0 radical (unpaired) electrons. The Morgan fingerprint density at radius 2 is 1.41 bits per heavy atom. The van der Waals surface area contributed by atoms with E-state index >= 15 is 0 Å². The van der Waals surface area contributed by atoms with Gasteiger partial charge in [0.25, 0.3) is 0 Å². The molecule has 0 heterocycles. The molecule has 88 valence electrons. The first kappa shape index (κ1) is 11.8. The molecule has 0 saturated carbocycles. The van der Waals surface area contributed by atoms with Gasteiger partial charge in [-0.1, -0.05) is 24.3 Å². The Labute approximate surface area is 102 Å². The Kier molecular flexibility index (Phi) is 3.01. The minimum Gasteiger partial charge on any atom is -0.207 e. The Balaban J connectivity index is 2.61. The second kappa shape index (κ2) is 4.33. The zero-order chi connectivity index (χ0) is 12.6. The lowest BCUT2D eigenvalue weighted by Gasteiger charge is -2.12. The largest absolute Gasteiger partial charge is 0.207 e. The number of hydrogen-bond acceptors (Lipinski definition) is 0. The quantitative estimate of drug-likeness (QED) is 0.662. The highest BCUT2D eigenvalue weighted by molar-refractivity contribution is 5.69. The van der Waals surface area contributed by atoms with Crippen molar-refractivity contribution in [1.82, 2.24) is 0 Å². The molecule has 0 atom stereocenters. The third-order valence-electron chi connectivity index (χ3n) is 3.54. The van der Waals surface area contributed by atoms with E-state index in [9.17, 15) is 4.39 Å². The van der Waals surface area contributed by atoms with Crippen LogP contribution in [0.1, 0.15) is 22.3 Å². The van der Waals surface area contributed by atoms with Crippen LogP contribution in [0, 0.1) is 33.5 Å². The molecule has 0 unspecified atom stereocenters. The van der Waals surface area contributed by atoms with E-state index in [1.54, 1.807) is 13.0 Å². The zero-order valence-electron chi connectivity index (χ0n) is 10.8. The van der Waals surface area contributed by atoms with Crippen LogP contribution in [0.5, 0.6) is 0 Å². The van der Waals surface area contributed by atoms with Crippen molar-refractivity contribution < 1.29 is 4.39 Å². The SMILES string of the molecule is Cc1ccc(-c2ccc(C)c(C)c2C)cc1F. The number of halogens is 1. The second-order valence-corrected chi connectivity index (χ2v) is 4.64. The van der Waals surface area contributed by atoms with Crippen molar-refractivity contribution in [2.24, 2.45) is 0 Å². The highest BCUT2D eigenvalue weighted by Gasteiger charge is 2.07. The van der Waals surface area contributed by atoms with Gasteiger partial charge in [-0.3, -0.25) is 0 Å². The van der Waals surface area contributed by atoms with Gasteiger partial charge in [0.1, 0.15) is 5.82 Å². The smallest absolute Gasteiger partial charge is 0.126 e. The van der Waals surface area contributed by atoms with Crippen molar-refractivity contribution in [3.63, 3.8) is 0 Å². The Morgan fingerprint density at radius 3 is 2.06 bits per heavy atom. The van der Waals surface area contributed by atoms with E-state index in [0.717, 1.165) is 11.1 Å². The highest BCUT2D eigenvalue weighted by atomic mass is 19.1. The molecule has 17 heavy (non-hydrogen) atoms. The average Bonchev–Trinajstić information content (AvgIpc) is 2.30. The third-order valence-corrected chi connectivity index (χ3v) is 3.54. The van der Waals surface area contributed by atoms with Crippen molar-refractivity contribution in [1.29, 1.82) is 0 Å². The standard InChI is InChI=1S/C16H17F/c1-10-6-8-15(13(4)12(10)3)14-7-5-11(2)16(17)9-14/h5-9H,1-4H3. The summed E-state index contributed by atoms with van der Waals surface area (Å²) in [7, 11) is 0. The minimum atomic E-state index is -0.139. The van der Waals surface area contributed by atoms with Crippen LogP contribution in [0.2, 0.25) is 0 Å². The molecular weight excluding hydrogens is 211 g/mol. The van der Waals surface area contributed by atoms with Crippen molar-refractivity contribution >= 4 is 0 Å². The Morgan fingerprint density at radius 1 is 0.765 bits per heavy atom. The molecule has 2 rings (SSSR count). The molecule has 0 saturated heterocycles. The number of benzene rings is 2. The van der Waals surface area contributed by atoms with Gasteiger partial charge >= 0.3 is 0 Å². The van der Waals surface area contributed by atoms with Gasteiger partial charge < -0.3 is 0 Å². The maximum Gasteiger partial charge on any atom is 0.126 e. The monoisotopic (exact) mass is 228 g/mol. The van der Waals surface area contributed by atoms with Crippen molar-refractivity contribution in [3.05, 3.63) is 58.4 Å². The number of aryl methyl sites for hydroxylation is 2. The first-order valence-electron chi connectivity index (χ1n) is 5.84. The van der Waals surface area contributed by atoms with Crippen LogP contribution >= 0.6 is 0 Å². The van der Waals surface area contributed by atoms with E-state index in [4.69, 9.17) is 0 Å². The van der Waals surface area contributed by atoms with Gasteiger partial charge in [0.15, 0.2) is 0 Å². The summed E-state index contributed by atoms with van der Waals surface area (Å²) in [4.78, 5) is 0. The fourth-order valence-electron chi connectivity index (χ4n) is 2.03. The van der Waals surface area contributed by atoms with Crippen molar-refractivity contribution in [3.8, 4) is 11.1 Å². The predicted molar refractivity (Wildman–Crippen MR) is 70.8 cm³/mol. The molecule has 0 spiro atoms. The van der Waals surface area contributed by atoms with Gasteiger partial charge in [-0.25, -0.2) is 4.39 Å². The molecule has 0 aromatic heterocycles. The number of hydrogen-bond donors (Lipinski definition) is 0. The molecule has 0 N–H and O–H groups in total. The Bertz CT molecular complexity index is 568. The second-order valence-electron chi connectivity index (χ2n) is 4.64. The summed E-state index contributed by atoms with van der Waals surface area (Å²) in [6.07, 6.45) is 0. The fourth-order valence-corrected chi connectivity index (χ4v) is 2.03. The van der Waals surface area contributed by atoms with Gasteiger partial charge in [0, 0.05) is 0 Å². The maximum absolute atomic E-state index is 13.6. The summed E-state index contributed by atoms with van der Waals surface area (Å²) in [5.74, 6) is -0.139. The number of rotatable bonds is 1. The lowest BCUT2D eigenvalue weighted by atomic mass is 9.94. The summed E-state index contributed by atoms with van der Waals surface area (Å²) in [5, 5.41) is 0. The average molecular weight is 228 g/mol. The van der Waals surface area contributed by atoms with Crippen LogP contribution in [0.4, 0.5) is 4.39 Å². The van der Waals surface area contributed by atoms with Gasteiger partial charge in [-0.15, -0.1) is 0 Å². The summed E-state index contributed by atoms with van der Waals surface area (Å²) >= 11 is 0. The fraction of sp³-hybridized carbons (Fsp3) is 0.250. The molecule has 2 aromatic rings. The molecule has 0 bridgehead atoms. The van der Waals surface area contributed by atoms with E-state index in [1.807, 2.05) is 12.1 Å². The molecule has 0 aliphatic rings. The van der Waals surface area contributed by atoms with Crippen LogP contribution < -0.4 is 0 Å². The minimum absolute atomic E-state index is 0.139. The molecule has 0 nitrogen and oxygen atoms in total. The topological polar surface area (TPSA) is 0 Å². The van der Waals surface area contributed by atoms with Gasteiger partial charge in [-0.2, -0.15) is 0 Å². The first-order chi connectivity index (χ1) is 8.00. The maximum atomic E-state index is 13.6. The molecule has 1 heteroatoms. The molecule has 0 fully saturated rings. The summed E-state index contributed by atoms with van der Waals surface area (Å²) in [6, 6.07) is 9.60. The zero-order valence-corrected chi connectivity index (χ0v) is 10.8. The summed E-state index contributed by atoms with van der Waals surface area (Å²) in [6.45, 7) is 8.09. The van der Waals surface area contributed by atoms with Crippen molar-refractivity contribution in [2.75, 3.05) is 0 Å². The van der Waals surface area contributed by atoms with Gasteiger partial charge in [-0.05, 0) is 67.1 Å². The lowest BCUT2D eigenvalue weighted by molar-refractivity contribution is 0.619. The molecule has 2 aromatic carbocycles. The first-order valence-corrected chi connectivity index (χ1v) is 5.84. The van der Waals surface area contributed by atoms with E-state index in [0.29, 0.717) is 5.56 Å². The van der Waals surface area contributed by atoms with Crippen LogP contribution in [-0.4, -0.2) is 0 Å². The highest BCUT2D eigenvalue weighted by Crippen LogP contribution is 2.28. The Hall–Kier alpha value is -1.63. The van der Waals surface area contributed by atoms with E-state index in [1.165, 1.54) is 16.7 Å².